The first-order valence-electron chi connectivity index (χ1n) is 3.94. The average molecular weight is 246 g/mol. The third-order valence-electron chi connectivity index (χ3n) is 1.33. The fourth-order valence-electron chi connectivity index (χ4n) is 0.628. The van der Waals surface area contributed by atoms with Gasteiger partial charge in [-0.2, -0.15) is 0 Å². The maximum atomic E-state index is 5.33. The van der Waals surface area contributed by atoms with Gasteiger partial charge < -0.3 is 9.64 Å². The van der Waals surface area contributed by atoms with Crippen molar-refractivity contribution in [2.45, 2.75) is 6.92 Å². The molecule has 0 aliphatic rings. The third-order valence-corrected chi connectivity index (χ3v) is 1.55. The van der Waals surface area contributed by atoms with E-state index in [1.807, 2.05) is 32.0 Å². The molecule has 3 heteroatoms. The Labute approximate surface area is 88.7 Å². The molecule has 0 radical (unpaired) electrons. The van der Waals surface area contributed by atoms with Crippen LogP contribution in [0.2, 0.25) is 0 Å². The van der Waals surface area contributed by atoms with Crippen LogP contribution in [0.1, 0.15) is 6.92 Å². The number of hydrogen-bond acceptors (Lipinski definition) is 2. The van der Waals surface area contributed by atoms with Gasteiger partial charge in [0.25, 0.3) is 0 Å². The second-order valence-electron chi connectivity index (χ2n) is 2.97. The van der Waals surface area contributed by atoms with Crippen molar-refractivity contribution in [1.29, 1.82) is 0 Å². The number of hydrogen-bond donors (Lipinski definition) is 0. The molecule has 0 aliphatic carbocycles. The maximum absolute atomic E-state index is 5.33. The Morgan fingerprint density at radius 2 is 2.00 bits per heavy atom. The summed E-state index contributed by atoms with van der Waals surface area (Å²) in [6, 6.07) is 0. The number of halogens is 1. The van der Waals surface area contributed by atoms with Gasteiger partial charge >= 0.3 is 0 Å². The van der Waals surface area contributed by atoms with Crippen molar-refractivity contribution < 1.29 is 4.74 Å². The van der Waals surface area contributed by atoms with Crippen LogP contribution < -0.4 is 0 Å². The number of ether oxygens (including phenoxy) is 1. The number of nitrogens with zero attached hydrogens (tertiary/aromatic N) is 1. The molecular weight excluding hydrogens is 230 g/mol. The second kappa shape index (κ2) is 5.86. The highest BCUT2D eigenvalue weighted by atomic mass is 79.9. The summed E-state index contributed by atoms with van der Waals surface area (Å²) in [5.41, 5.74) is 0.914. The molecule has 2 nitrogen and oxygen atoms in total. The number of rotatable bonds is 5. The first kappa shape index (κ1) is 12.3. The Bertz CT molecular complexity index is 227. The predicted octanol–water partition coefficient (Wildman–Crippen LogP) is 2.89. The highest BCUT2D eigenvalue weighted by Crippen LogP contribution is 2.08. The van der Waals surface area contributed by atoms with Gasteiger partial charge in [0.05, 0.1) is 0 Å². The van der Waals surface area contributed by atoms with Crippen LogP contribution in [0.25, 0.3) is 0 Å². The van der Waals surface area contributed by atoms with Gasteiger partial charge in [-0.15, -0.1) is 0 Å². The Balaban J connectivity index is 3.84. The lowest BCUT2D eigenvalue weighted by atomic mass is 10.3. The fourth-order valence-corrected chi connectivity index (χ4v) is 0.952. The highest BCUT2D eigenvalue weighted by Gasteiger charge is 1.97. The summed E-state index contributed by atoms with van der Waals surface area (Å²) in [5, 5.41) is 0. The van der Waals surface area contributed by atoms with E-state index in [0.29, 0.717) is 12.5 Å². The standard InChI is InChI=1S/C10H16BrNO/c1-8(6-9(2)11)7-13-10(3)12(4)5/h6H,1,3,7H2,2,4-5H3/b9-6+. The van der Waals surface area contributed by atoms with Crippen LogP contribution in [0.15, 0.2) is 35.2 Å². The lowest BCUT2D eigenvalue weighted by Crippen LogP contribution is -2.13. The summed E-state index contributed by atoms with van der Waals surface area (Å²) in [5.74, 6) is 0.641. The van der Waals surface area contributed by atoms with Crippen molar-refractivity contribution in [2.24, 2.45) is 0 Å². The first-order valence-corrected chi connectivity index (χ1v) is 4.73. The predicted molar refractivity (Wildman–Crippen MR) is 60.6 cm³/mol. The van der Waals surface area contributed by atoms with E-state index >= 15 is 0 Å². The van der Waals surface area contributed by atoms with Gasteiger partial charge in [0.15, 0.2) is 5.88 Å². The summed E-state index contributed by atoms with van der Waals surface area (Å²) in [6.07, 6.45) is 1.92. The van der Waals surface area contributed by atoms with Gasteiger partial charge in [-0.3, -0.25) is 0 Å². The molecule has 0 rings (SSSR count). The molecule has 0 N–H and O–H groups in total. The normalized spacial score (nSPS) is 10.9. The van der Waals surface area contributed by atoms with Crippen LogP contribution in [-0.2, 0) is 4.74 Å². The fraction of sp³-hybridized carbons (Fsp3) is 0.400. The molecule has 0 aromatic heterocycles. The van der Waals surface area contributed by atoms with Crippen molar-refractivity contribution in [3.8, 4) is 0 Å². The molecule has 0 spiro atoms. The molecule has 0 aliphatic heterocycles. The van der Waals surface area contributed by atoms with Crippen molar-refractivity contribution in [3.63, 3.8) is 0 Å². The van der Waals surface area contributed by atoms with Gasteiger partial charge in [-0.25, -0.2) is 0 Å². The minimum atomic E-state index is 0.472. The lowest BCUT2D eigenvalue weighted by Gasteiger charge is -2.16. The average Bonchev–Trinajstić information content (AvgIpc) is 1.98. The topological polar surface area (TPSA) is 12.5 Å². The van der Waals surface area contributed by atoms with Gasteiger partial charge in [-0.05, 0) is 29.6 Å². The van der Waals surface area contributed by atoms with Gasteiger partial charge in [0.2, 0.25) is 0 Å². The summed E-state index contributed by atoms with van der Waals surface area (Å²) in [6.45, 7) is 9.99. The second-order valence-corrected chi connectivity index (χ2v) is 4.22. The molecule has 0 heterocycles. The minimum absolute atomic E-state index is 0.472. The van der Waals surface area contributed by atoms with Gasteiger partial charge in [0, 0.05) is 14.1 Å². The van der Waals surface area contributed by atoms with E-state index < -0.39 is 0 Å². The van der Waals surface area contributed by atoms with Crippen molar-refractivity contribution >= 4 is 15.9 Å². The van der Waals surface area contributed by atoms with Gasteiger partial charge in [0.1, 0.15) is 6.61 Å². The molecule has 0 amide bonds. The zero-order valence-electron chi connectivity index (χ0n) is 8.43. The molecule has 74 valence electrons. The monoisotopic (exact) mass is 245 g/mol. The van der Waals surface area contributed by atoms with Crippen LogP contribution in [0, 0.1) is 0 Å². The molecular formula is C10H16BrNO. The van der Waals surface area contributed by atoms with E-state index in [9.17, 15) is 0 Å². The molecule has 0 fully saturated rings. The molecule has 13 heavy (non-hydrogen) atoms. The Morgan fingerprint density at radius 1 is 1.46 bits per heavy atom. The molecule has 0 bridgehead atoms. The first-order chi connectivity index (χ1) is 5.93. The zero-order valence-corrected chi connectivity index (χ0v) is 10.0. The van der Waals surface area contributed by atoms with Crippen LogP contribution in [0.5, 0.6) is 0 Å². The molecule has 0 unspecified atom stereocenters. The SMILES string of the molecule is C=C(/C=C(\C)Br)COC(=C)N(C)C. The summed E-state index contributed by atoms with van der Waals surface area (Å²) >= 11 is 3.32. The Morgan fingerprint density at radius 3 is 2.38 bits per heavy atom. The van der Waals surface area contributed by atoms with E-state index in [4.69, 9.17) is 4.74 Å². The van der Waals surface area contributed by atoms with Crippen molar-refractivity contribution in [1.82, 2.24) is 4.90 Å². The molecule has 0 saturated carbocycles. The largest absolute Gasteiger partial charge is 0.475 e. The minimum Gasteiger partial charge on any atom is -0.475 e. The third kappa shape index (κ3) is 6.46. The van der Waals surface area contributed by atoms with E-state index in [1.54, 1.807) is 0 Å². The van der Waals surface area contributed by atoms with Crippen LogP contribution in [0.3, 0.4) is 0 Å². The maximum Gasteiger partial charge on any atom is 0.181 e. The lowest BCUT2D eigenvalue weighted by molar-refractivity contribution is 0.163. The molecule has 0 atom stereocenters. The van der Waals surface area contributed by atoms with E-state index in [0.717, 1.165) is 10.1 Å². The Hall–Kier alpha value is -0.700. The van der Waals surface area contributed by atoms with Gasteiger partial charge in [-0.1, -0.05) is 22.5 Å². The molecule has 0 saturated heterocycles. The Kier molecular flexibility index (Phi) is 5.55. The van der Waals surface area contributed by atoms with E-state index in [2.05, 4.69) is 29.1 Å². The van der Waals surface area contributed by atoms with Crippen LogP contribution in [-0.4, -0.2) is 25.6 Å². The van der Waals surface area contributed by atoms with Crippen molar-refractivity contribution in [2.75, 3.05) is 20.7 Å². The van der Waals surface area contributed by atoms with Crippen LogP contribution >= 0.6 is 15.9 Å². The van der Waals surface area contributed by atoms with E-state index in [-0.39, 0.29) is 0 Å². The summed E-state index contributed by atoms with van der Waals surface area (Å²) in [7, 11) is 3.77. The smallest absolute Gasteiger partial charge is 0.181 e. The molecule has 0 aromatic carbocycles. The molecule has 0 aromatic rings. The quantitative estimate of drug-likeness (QED) is 0.546. The highest BCUT2D eigenvalue weighted by molar-refractivity contribution is 9.11. The van der Waals surface area contributed by atoms with Crippen molar-refractivity contribution in [3.05, 3.63) is 35.2 Å². The van der Waals surface area contributed by atoms with E-state index in [1.165, 1.54) is 0 Å². The summed E-state index contributed by atoms with van der Waals surface area (Å²) < 4.78 is 6.37. The van der Waals surface area contributed by atoms with Crippen LogP contribution in [0.4, 0.5) is 0 Å². The number of allylic oxidation sites excluding steroid dienone is 1. The summed E-state index contributed by atoms with van der Waals surface area (Å²) in [4.78, 5) is 1.82. The zero-order chi connectivity index (χ0) is 10.4.